The summed E-state index contributed by atoms with van der Waals surface area (Å²) in [5.41, 5.74) is 0. The van der Waals surface area contributed by atoms with Gasteiger partial charge in [0.1, 0.15) is 0 Å². The molecule has 0 aliphatic carbocycles. The van der Waals surface area contributed by atoms with Crippen molar-refractivity contribution in [2.45, 2.75) is 53.0 Å². The first-order valence-electron chi connectivity index (χ1n) is 6.01. The minimum absolute atomic E-state index is 0.688. The fourth-order valence-electron chi connectivity index (χ4n) is 1.50. The van der Waals surface area contributed by atoms with E-state index in [9.17, 15) is 0 Å². The van der Waals surface area contributed by atoms with Gasteiger partial charge in [0.2, 0.25) is 0 Å². The Balaban J connectivity index is 3.29. The molecule has 0 aromatic rings. The normalized spacial score (nSPS) is 15.4. The molecule has 2 unspecified atom stereocenters. The predicted molar refractivity (Wildman–Crippen MR) is 69.2 cm³/mol. The second-order valence-electron chi connectivity index (χ2n) is 4.19. The van der Waals surface area contributed by atoms with Gasteiger partial charge in [-0.15, -0.1) is 0 Å². The fraction of sp³-hybridized carbons (Fsp3) is 1.00. The Kier molecular flexibility index (Phi) is 10.1. The van der Waals surface area contributed by atoms with Crippen LogP contribution in [0, 0.1) is 5.92 Å². The third kappa shape index (κ3) is 8.89. The second kappa shape index (κ2) is 9.85. The number of nitrogens with one attached hydrogen (secondary N) is 1. The van der Waals surface area contributed by atoms with Crippen LogP contribution < -0.4 is 5.32 Å². The van der Waals surface area contributed by atoms with Crippen molar-refractivity contribution in [3.63, 3.8) is 0 Å². The van der Waals surface area contributed by atoms with E-state index >= 15 is 0 Å². The fourth-order valence-corrected chi connectivity index (χ4v) is 2.31. The van der Waals surface area contributed by atoms with E-state index in [1.165, 1.54) is 37.3 Å². The van der Waals surface area contributed by atoms with Crippen LogP contribution >= 0.6 is 11.8 Å². The van der Waals surface area contributed by atoms with E-state index in [-0.39, 0.29) is 0 Å². The molecular weight excluding hydrogens is 190 g/mol. The van der Waals surface area contributed by atoms with Gasteiger partial charge in [-0.25, -0.2) is 0 Å². The third-order valence-corrected chi connectivity index (χ3v) is 3.43. The smallest absolute Gasteiger partial charge is 0.00466 e. The average molecular weight is 217 g/mol. The van der Waals surface area contributed by atoms with Crippen LogP contribution in [0.4, 0.5) is 0 Å². The molecule has 0 aromatic carbocycles. The summed E-state index contributed by atoms with van der Waals surface area (Å²) in [6.45, 7) is 10.3. The number of thioether (sulfide) groups is 1. The highest BCUT2D eigenvalue weighted by molar-refractivity contribution is 7.99. The van der Waals surface area contributed by atoms with Gasteiger partial charge >= 0.3 is 0 Å². The molecule has 1 nitrogen and oxygen atoms in total. The van der Waals surface area contributed by atoms with Gasteiger partial charge in [0.15, 0.2) is 0 Å². The van der Waals surface area contributed by atoms with Crippen molar-refractivity contribution < 1.29 is 0 Å². The minimum atomic E-state index is 0.688. The highest BCUT2D eigenvalue weighted by Gasteiger charge is 2.04. The lowest BCUT2D eigenvalue weighted by Crippen LogP contribution is -2.30. The van der Waals surface area contributed by atoms with Gasteiger partial charge in [0, 0.05) is 6.04 Å². The lowest BCUT2D eigenvalue weighted by molar-refractivity contribution is 0.433. The molecule has 14 heavy (non-hydrogen) atoms. The Bertz CT molecular complexity index is 117. The molecule has 0 rings (SSSR count). The molecule has 0 radical (unpaired) electrons. The first kappa shape index (κ1) is 14.3. The molecule has 0 saturated heterocycles. The number of hydrogen-bond donors (Lipinski definition) is 1. The Hall–Kier alpha value is 0.310. The van der Waals surface area contributed by atoms with E-state index < -0.39 is 0 Å². The Labute approximate surface area is 94.4 Å². The molecule has 0 saturated carbocycles. The molecule has 0 aromatic heterocycles. The van der Waals surface area contributed by atoms with E-state index in [4.69, 9.17) is 0 Å². The summed E-state index contributed by atoms with van der Waals surface area (Å²) in [4.78, 5) is 0. The summed E-state index contributed by atoms with van der Waals surface area (Å²) in [6, 6.07) is 0.688. The molecule has 0 spiro atoms. The van der Waals surface area contributed by atoms with Gasteiger partial charge in [-0.05, 0) is 43.7 Å². The van der Waals surface area contributed by atoms with Gasteiger partial charge in [-0.2, -0.15) is 11.8 Å². The summed E-state index contributed by atoms with van der Waals surface area (Å²) in [7, 11) is 0. The summed E-state index contributed by atoms with van der Waals surface area (Å²) in [5, 5.41) is 3.61. The summed E-state index contributed by atoms with van der Waals surface area (Å²) >= 11 is 2.04. The first-order valence-corrected chi connectivity index (χ1v) is 7.17. The lowest BCUT2D eigenvalue weighted by Gasteiger charge is -2.17. The van der Waals surface area contributed by atoms with Crippen molar-refractivity contribution in [1.82, 2.24) is 5.32 Å². The highest BCUT2D eigenvalue weighted by atomic mass is 32.2. The molecular formula is C12H27NS. The van der Waals surface area contributed by atoms with Crippen molar-refractivity contribution in [2.75, 3.05) is 18.1 Å². The van der Waals surface area contributed by atoms with Gasteiger partial charge in [0.05, 0.1) is 0 Å². The molecule has 0 bridgehead atoms. The Morgan fingerprint density at radius 1 is 1.14 bits per heavy atom. The van der Waals surface area contributed by atoms with Crippen molar-refractivity contribution in [3.05, 3.63) is 0 Å². The van der Waals surface area contributed by atoms with E-state index in [1.807, 2.05) is 11.8 Å². The number of rotatable bonds is 9. The van der Waals surface area contributed by atoms with E-state index in [0.717, 1.165) is 5.92 Å². The van der Waals surface area contributed by atoms with E-state index in [1.54, 1.807) is 0 Å². The third-order valence-electron chi connectivity index (χ3n) is 2.50. The SMILES string of the molecule is CCCC(C)CNC(C)CCSCC. The van der Waals surface area contributed by atoms with Gasteiger partial charge in [0.25, 0.3) is 0 Å². The van der Waals surface area contributed by atoms with Crippen molar-refractivity contribution >= 4 is 11.8 Å². The van der Waals surface area contributed by atoms with E-state index in [0.29, 0.717) is 6.04 Å². The summed E-state index contributed by atoms with van der Waals surface area (Å²) in [5.74, 6) is 3.38. The standard InChI is InChI=1S/C12H27NS/c1-5-7-11(3)10-13-12(4)8-9-14-6-2/h11-13H,5-10H2,1-4H3. The lowest BCUT2D eigenvalue weighted by atomic mass is 10.1. The quantitative estimate of drug-likeness (QED) is 0.593. The molecule has 0 amide bonds. The van der Waals surface area contributed by atoms with Crippen LogP contribution in [0.2, 0.25) is 0 Å². The van der Waals surface area contributed by atoms with Gasteiger partial charge in [-0.3, -0.25) is 0 Å². The van der Waals surface area contributed by atoms with Crippen LogP contribution in [-0.2, 0) is 0 Å². The largest absolute Gasteiger partial charge is 0.314 e. The van der Waals surface area contributed by atoms with Crippen molar-refractivity contribution in [1.29, 1.82) is 0 Å². The molecule has 1 N–H and O–H groups in total. The maximum absolute atomic E-state index is 3.61. The maximum atomic E-state index is 3.61. The van der Waals surface area contributed by atoms with Gasteiger partial charge in [-0.1, -0.05) is 27.2 Å². The van der Waals surface area contributed by atoms with Crippen LogP contribution in [0.15, 0.2) is 0 Å². The molecule has 2 heteroatoms. The Morgan fingerprint density at radius 3 is 2.43 bits per heavy atom. The molecule has 86 valence electrons. The van der Waals surface area contributed by atoms with E-state index in [2.05, 4.69) is 33.0 Å². The summed E-state index contributed by atoms with van der Waals surface area (Å²) < 4.78 is 0. The van der Waals surface area contributed by atoms with Crippen molar-refractivity contribution in [3.8, 4) is 0 Å². The zero-order chi connectivity index (χ0) is 10.8. The molecule has 2 atom stereocenters. The highest BCUT2D eigenvalue weighted by Crippen LogP contribution is 2.06. The Morgan fingerprint density at radius 2 is 1.86 bits per heavy atom. The van der Waals surface area contributed by atoms with Crippen LogP contribution in [0.25, 0.3) is 0 Å². The second-order valence-corrected chi connectivity index (χ2v) is 5.58. The molecule has 0 aliphatic heterocycles. The average Bonchev–Trinajstić information content (AvgIpc) is 2.16. The zero-order valence-electron chi connectivity index (χ0n) is 10.3. The predicted octanol–water partition coefficient (Wildman–Crippen LogP) is 3.54. The van der Waals surface area contributed by atoms with Crippen molar-refractivity contribution in [2.24, 2.45) is 5.92 Å². The van der Waals surface area contributed by atoms with Crippen LogP contribution in [0.1, 0.15) is 47.0 Å². The van der Waals surface area contributed by atoms with Gasteiger partial charge < -0.3 is 5.32 Å². The zero-order valence-corrected chi connectivity index (χ0v) is 11.1. The van der Waals surface area contributed by atoms with Crippen LogP contribution in [0.5, 0.6) is 0 Å². The molecule has 0 heterocycles. The first-order chi connectivity index (χ1) is 6.70. The van der Waals surface area contributed by atoms with Crippen LogP contribution in [-0.4, -0.2) is 24.1 Å². The molecule has 0 fully saturated rings. The topological polar surface area (TPSA) is 12.0 Å². The minimum Gasteiger partial charge on any atom is -0.314 e. The summed E-state index contributed by atoms with van der Waals surface area (Å²) in [6.07, 6.45) is 3.96. The monoisotopic (exact) mass is 217 g/mol. The number of hydrogen-bond acceptors (Lipinski definition) is 2. The maximum Gasteiger partial charge on any atom is 0.00466 e. The molecule has 0 aliphatic rings. The van der Waals surface area contributed by atoms with Crippen LogP contribution in [0.3, 0.4) is 0 Å².